The minimum Gasteiger partial charge on any atom is -0.486 e. The number of fused-ring (bicyclic) bond motifs is 1. The van der Waals surface area contributed by atoms with E-state index in [9.17, 15) is 0 Å². The molecule has 30 heavy (non-hydrogen) atoms. The number of thioether (sulfide) groups is 1. The van der Waals surface area contributed by atoms with E-state index in [4.69, 9.17) is 9.84 Å². The lowest BCUT2D eigenvalue weighted by Crippen LogP contribution is -2.19. The molecular formula is C24H20N4OS. The van der Waals surface area contributed by atoms with Crippen molar-refractivity contribution in [1.82, 2.24) is 14.9 Å². The van der Waals surface area contributed by atoms with E-state index in [1.165, 1.54) is 11.1 Å². The maximum atomic E-state index is 5.88. The number of hydrogen-bond acceptors (Lipinski definition) is 5. The fourth-order valence-corrected chi connectivity index (χ4v) is 4.47. The molecule has 0 aliphatic carbocycles. The Bertz CT molecular complexity index is 1170. The summed E-state index contributed by atoms with van der Waals surface area (Å²) in [5.74, 6) is 1.47. The molecule has 0 amide bonds. The smallest absolute Gasteiger partial charge is 0.213 e. The molecule has 148 valence electrons. The number of aromatic nitrogens is 3. The molecular weight excluding hydrogens is 392 g/mol. The summed E-state index contributed by atoms with van der Waals surface area (Å²) in [4.78, 5) is 0. The van der Waals surface area contributed by atoms with Crippen molar-refractivity contribution in [2.45, 2.75) is 23.9 Å². The third-order valence-corrected chi connectivity index (χ3v) is 6.11. The van der Waals surface area contributed by atoms with Crippen LogP contribution in [0.5, 0.6) is 5.75 Å². The molecule has 4 aromatic rings. The van der Waals surface area contributed by atoms with E-state index in [0.717, 1.165) is 22.2 Å². The lowest BCUT2D eigenvalue weighted by Gasteiger charge is -2.23. The van der Waals surface area contributed by atoms with Gasteiger partial charge in [0.05, 0.1) is 11.0 Å². The lowest BCUT2D eigenvalue weighted by molar-refractivity contribution is 0.290. The molecule has 0 fully saturated rings. The first-order chi connectivity index (χ1) is 14.8. The van der Waals surface area contributed by atoms with Gasteiger partial charge in [-0.05, 0) is 30.2 Å². The zero-order valence-electron chi connectivity index (χ0n) is 16.5. The van der Waals surface area contributed by atoms with Gasteiger partial charge < -0.3 is 4.74 Å². The Hall–Kier alpha value is -3.38. The Morgan fingerprint density at radius 2 is 1.57 bits per heavy atom. The summed E-state index contributed by atoms with van der Waals surface area (Å²) in [7, 11) is 0. The van der Waals surface area contributed by atoms with Gasteiger partial charge in [0.15, 0.2) is 5.82 Å². The highest BCUT2D eigenvalue weighted by molar-refractivity contribution is 8.00. The van der Waals surface area contributed by atoms with E-state index >= 15 is 0 Å². The first-order valence-electron chi connectivity index (χ1n) is 9.77. The van der Waals surface area contributed by atoms with Crippen molar-refractivity contribution in [3.05, 3.63) is 107 Å². The number of benzene rings is 3. The van der Waals surface area contributed by atoms with Gasteiger partial charge in [-0.2, -0.15) is 9.78 Å². The largest absolute Gasteiger partial charge is 0.486 e. The van der Waals surface area contributed by atoms with E-state index < -0.39 is 0 Å². The molecule has 0 saturated heterocycles. The Kier molecular flexibility index (Phi) is 5.07. The number of para-hydroxylation sites is 1. The van der Waals surface area contributed by atoms with Crippen LogP contribution in [0, 0.1) is 6.92 Å². The first-order valence-corrected chi connectivity index (χ1v) is 10.7. The highest BCUT2D eigenvalue weighted by atomic mass is 32.2. The molecule has 0 N–H and O–H groups in total. The Morgan fingerprint density at radius 3 is 2.30 bits per heavy atom. The molecule has 2 heterocycles. The SMILES string of the molecule is Cc1ccc(C2=Nn3c(COc4ccccc4)nnc3S[C@@H]2c2ccccc2)cc1. The minimum atomic E-state index is 0.0495. The standard InChI is InChI=1S/C24H20N4OS/c1-17-12-14-18(15-13-17)22-23(19-8-4-2-5-9-19)30-24-26-25-21(28(24)27-22)16-29-20-10-6-3-7-11-20/h2-15,23H,16H2,1H3/t23-/m1/s1. The van der Waals surface area contributed by atoms with Gasteiger partial charge in [-0.3, -0.25) is 0 Å². The summed E-state index contributed by atoms with van der Waals surface area (Å²) in [6.45, 7) is 2.39. The number of hydrogen-bond donors (Lipinski definition) is 0. The van der Waals surface area contributed by atoms with E-state index in [2.05, 4.69) is 65.7 Å². The molecule has 1 aromatic heterocycles. The van der Waals surface area contributed by atoms with Crippen molar-refractivity contribution in [3.8, 4) is 5.75 Å². The van der Waals surface area contributed by atoms with Crippen LogP contribution in [0.25, 0.3) is 0 Å². The van der Waals surface area contributed by atoms with Gasteiger partial charge in [0.2, 0.25) is 5.16 Å². The molecule has 0 saturated carbocycles. The minimum absolute atomic E-state index is 0.0495. The van der Waals surface area contributed by atoms with Crippen molar-refractivity contribution < 1.29 is 4.74 Å². The van der Waals surface area contributed by atoms with Gasteiger partial charge in [0, 0.05) is 0 Å². The van der Waals surface area contributed by atoms with Crippen molar-refractivity contribution in [1.29, 1.82) is 0 Å². The fraction of sp³-hybridized carbons (Fsp3) is 0.125. The van der Waals surface area contributed by atoms with Crippen molar-refractivity contribution in [3.63, 3.8) is 0 Å². The molecule has 0 bridgehead atoms. The molecule has 5 nitrogen and oxygen atoms in total. The van der Waals surface area contributed by atoms with Crippen LogP contribution in [-0.4, -0.2) is 20.6 Å². The second-order valence-electron chi connectivity index (χ2n) is 7.07. The second-order valence-corrected chi connectivity index (χ2v) is 8.14. The van der Waals surface area contributed by atoms with Crippen molar-refractivity contribution in [2.24, 2.45) is 5.10 Å². The monoisotopic (exact) mass is 412 g/mol. The van der Waals surface area contributed by atoms with Crippen LogP contribution in [-0.2, 0) is 6.61 Å². The summed E-state index contributed by atoms with van der Waals surface area (Å²) in [5, 5.41) is 14.5. The molecule has 0 spiro atoms. The van der Waals surface area contributed by atoms with Crippen LogP contribution in [0.2, 0.25) is 0 Å². The maximum absolute atomic E-state index is 5.88. The predicted molar refractivity (Wildman–Crippen MR) is 119 cm³/mol. The average Bonchev–Trinajstić information content (AvgIpc) is 3.20. The topological polar surface area (TPSA) is 52.3 Å². The first kappa shape index (κ1) is 18.6. The molecule has 0 radical (unpaired) electrons. The van der Waals surface area contributed by atoms with E-state index in [0.29, 0.717) is 12.4 Å². The quantitative estimate of drug-likeness (QED) is 0.448. The second kappa shape index (κ2) is 8.16. The Morgan fingerprint density at radius 1 is 0.867 bits per heavy atom. The lowest BCUT2D eigenvalue weighted by atomic mass is 10.0. The van der Waals surface area contributed by atoms with Crippen LogP contribution in [0.4, 0.5) is 0 Å². The third-order valence-electron chi connectivity index (χ3n) is 4.92. The summed E-state index contributed by atoms with van der Waals surface area (Å²) >= 11 is 1.66. The van der Waals surface area contributed by atoms with Gasteiger partial charge in [0.1, 0.15) is 12.4 Å². The van der Waals surface area contributed by atoms with Gasteiger partial charge in [0.25, 0.3) is 0 Å². The number of rotatable bonds is 5. The molecule has 6 heteroatoms. The van der Waals surface area contributed by atoms with Gasteiger partial charge in [-0.1, -0.05) is 90.1 Å². The van der Waals surface area contributed by atoms with Crippen molar-refractivity contribution in [2.75, 3.05) is 0 Å². The normalized spacial score (nSPS) is 15.4. The summed E-state index contributed by atoms with van der Waals surface area (Å²) in [6.07, 6.45) is 0. The molecule has 0 unspecified atom stereocenters. The fourth-order valence-electron chi connectivity index (χ4n) is 3.33. The predicted octanol–water partition coefficient (Wildman–Crippen LogP) is 5.26. The Balaban J connectivity index is 1.52. The van der Waals surface area contributed by atoms with Gasteiger partial charge in [-0.25, -0.2) is 0 Å². The van der Waals surface area contributed by atoms with E-state index in [1.54, 1.807) is 11.8 Å². The number of ether oxygens (including phenoxy) is 1. The van der Waals surface area contributed by atoms with E-state index in [-0.39, 0.29) is 5.25 Å². The summed E-state index contributed by atoms with van der Waals surface area (Å²) in [6, 6.07) is 28.6. The maximum Gasteiger partial charge on any atom is 0.213 e. The zero-order valence-corrected chi connectivity index (χ0v) is 17.3. The summed E-state index contributed by atoms with van der Waals surface area (Å²) in [5.41, 5.74) is 4.50. The molecule has 3 aromatic carbocycles. The molecule has 5 rings (SSSR count). The molecule has 1 aliphatic rings. The highest BCUT2D eigenvalue weighted by Gasteiger charge is 2.30. The van der Waals surface area contributed by atoms with Crippen LogP contribution < -0.4 is 4.74 Å². The molecule has 1 aliphatic heterocycles. The van der Waals surface area contributed by atoms with Crippen LogP contribution in [0.15, 0.2) is 95.2 Å². The van der Waals surface area contributed by atoms with Crippen LogP contribution in [0.1, 0.15) is 27.8 Å². The third kappa shape index (κ3) is 3.74. The Labute approximate surface area is 179 Å². The van der Waals surface area contributed by atoms with Crippen molar-refractivity contribution >= 4 is 17.5 Å². The van der Waals surface area contributed by atoms with Gasteiger partial charge in [-0.15, -0.1) is 10.2 Å². The number of aryl methyl sites for hydroxylation is 1. The summed E-state index contributed by atoms with van der Waals surface area (Å²) < 4.78 is 7.69. The highest BCUT2D eigenvalue weighted by Crippen LogP contribution is 2.41. The number of nitrogens with zero attached hydrogens (tertiary/aromatic N) is 4. The molecule has 1 atom stereocenters. The van der Waals surface area contributed by atoms with Gasteiger partial charge >= 0.3 is 0 Å². The van der Waals surface area contributed by atoms with E-state index in [1.807, 2.05) is 41.1 Å². The van der Waals surface area contributed by atoms with Crippen LogP contribution in [0.3, 0.4) is 0 Å². The average molecular weight is 413 g/mol. The zero-order chi connectivity index (χ0) is 20.3. The van der Waals surface area contributed by atoms with Crippen LogP contribution >= 0.6 is 11.8 Å².